The lowest BCUT2D eigenvalue weighted by molar-refractivity contribution is -0.133. The molecule has 2 rings (SSSR count). The fourth-order valence-corrected chi connectivity index (χ4v) is 2.27. The van der Waals surface area contributed by atoms with Crippen LogP contribution in [0.25, 0.3) is 0 Å². The zero-order valence-electron chi connectivity index (χ0n) is 9.50. The molecule has 2 fully saturated rings. The molecule has 0 radical (unpaired) electrons. The predicted octanol–water partition coefficient (Wildman–Crippen LogP) is -0.523. The topological polar surface area (TPSA) is 61.4 Å². The quantitative estimate of drug-likeness (QED) is 0.631. The van der Waals surface area contributed by atoms with E-state index in [0.29, 0.717) is 26.1 Å². The Hall–Kier alpha value is -1.10. The number of nitrogens with one attached hydrogen (secondary N) is 2. The third kappa shape index (κ3) is 2.72. The monoisotopic (exact) mass is 225 g/mol. The Morgan fingerprint density at radius 1 is 1.25 bits per heavy atom. The van der Waals surface area contributed by atoms with E-state index in [1.165, 1.54) is 0 Å². The molecule has 0 aliphatic carbocycles. The van der Waals surface area contributed by atoms with E-state index in [1.807, 2.05) is 0 Å². The van der Waals surface area contributed by atoms with Crippen LogP contribution in [-0.2, 0) is 9.59 Å². The summed E-state index contributed by atoms with van der Waals surface area (Å²) in [5.74, 6) is 0.211. The van der Waals surface area contributed by atoms with Gasteiger partial charge in [0, 0.05) is 26.1 Å². The SMILES string of the molecule is O=C1CCN(C(=O)C2CCCCN2)CCN1. The smallest absolute Gasteiger partial charge is 0.239 e. The minimum Gasteiger partial charge on any atom is -0.354 e. The van der Waals surface area contributed by atoms with Crippen molar-refractivity contribution in [3.05, 3.63) is 0 Å². The van der Waals surface area contributed by atoms with Crippen LogP contribution in [0.2, 0.25) is 0 Å². The predicted molar refractivity (Wildman–Crippen MR) is 59.8 cm³/mol. The molecule has 2 aliphatic rings. The van der Waals surface area contributed by atoms with Crippen LogP contribution in [-0.4, -0.2) is 48.9 Å². The summed E-state index contributed by atoms with van der Waals surface area (Å²) in [6.07, 6.45) is 3.63. The van der Waals surface area contributed by atoms with Crippen molar-refractivity contribution in [1.29, 1.82) is 0 Å². The molecule has 1 atom stereocenters. The number of amides is 2. The highest BCUT2D eigenvalue weighted by Crippen LogP contribution is 2.10. The van der Waals surface area contributed by atoms with Crippen LogP contribution in [0.3, 0.4) is 0 Å². The van der Waals surface area contributed by atoms with Crippen molar-refractivity contribution in [2.75, 3.05) is 26.2 Å². The molecule has 0 aromatic carbocycles. The molecule has 90 valence electrons. The van der Waals surface area contributed by atoms with Gasteiger partial charge in [0.05, 0.1) is 6.04 Å². The van der Waals surface area contributed by atoms with Crippen molar-refractivity contribution in [2.45, 2.75) is 31.7 Å². The number of rotatable bonds is 1. The van der Waals surface area contributed by atoms with Gasteiger partial charge in [-0.05, 0) is 19.4 Å². The van der Waals surface area contributed by atoms with Crippen LogP contribution in [0.4, 0.5) is 0 Å². The van der Waals surface area contributed by atoms with Crippen LogP contribution < -0.4 is 10.6 Å². The maximum atomic E-state index is 12.1. The molecule has 0 saturated carbocycles. The number of piperidine rings is 1. The van der Waals surface area contributed by atoms with E-state index in [4.69, 9.17) is 0 Å². The lowest BCUT2D eigenvalue weighted by atomic mass is 10.0. The molecule has 2 saturated heterocycles. The van der Waals surface area contributed by atoms with Gasteiger partial charge >= 0.3 is 0 Å². The first kappa shape index (κ1) is 11.4. The Balaban J connectivity index is 1.89. The maximum absolute atomic E-state index is 12.1. The van der Waals surface area contributed by atoms with Crippen LogP contribution in [0.5, 0.6) is 0 Å². The molecule has 0 aromatic heterocycles. The van der Waals surface area contributed by atoms with Crippen LogP contribution in [0, 0.1) is 0 Å². The van der Waals surface area contributed by atoms with E-state index >= 15 is 0 Å². The second-order valence-electron chi connectivity index (χ2n) is 4.43. The summed E-state index contributed by atoms with van der Waals surface area (Å²) < 4.78 is 0. The molecule has 2 aliphatic heterocycles. The summed E-state index contributed by atoms with van der Waals surface area (Å²) in [5, 5.41) is 6.03. The third-order valence-corrected chi connectivity index (χ3v) is 3.23. The average Bonchev–Trinajstić information content (AvgIpc) is 2.54. The lowest BCUT2D eigenvalue weighted by Gasteiger charge is -2.28. The molecule has 0 aromatic rings. The fourth-order valence-electron chi connectivity index (χ4n) is 2.27. The van der Waals surface area contributed by atoms with Gasteiger partial charge in [0.1, 0.15) is 0 Å². The first-order chi connectivity index (χ1) is 7.77. The number of nitrogens with zero attached hydrogens (tertiary/aromatic N) is 1. The van der Waals surface area contributed by atoms with Crippen LogP contribution >= 0.6 is 0 Å². The van der Waals surface area contributed by atoms with Crippen LogP contribution in [0.1, 0.15) is 25.7 Å². The highest BCUT2D eigenvalue weighted by molar-refractivity contribution is 5.83. The minimum absolute atomic E-state index is 0.0260. The van der Waals surface area contributed by atoms with E-state index in [9.17, 15) is 9.59 Å². The zero-order chi connectivity index (χ0) is 11.4. The lowest BCUT2D eigenvalue weighted by Crippen LogP contribution is -2.49. The molecule has 1 unspecified atom stereocenters. The largest absolute Gasteiger partial charge is 0.354 e. The van der Waals surface area contributed by atoms with Gasteiger partial charge in [0.2, 0.25) is 11.8 Å². The average molecular weight is 225 g/mol. The minimum atomic E-state index is -0.0260. The number of hydrogen-bond donors (Lipinski definition) is 2. The number of carbonyl (C=O) groups is 2. The summed E-state index contributed by atoms with van der Waals surface area (Å²) >= 11 is 0. The van der Waals surface area contributed by atoms with Gasteiger partial charge in [-0.15, -0.1) is 0 Å². The molecule has 5 nitrogen and oxygen atoms in total. The van der Waals surface area contributed by atoms with Gasteiger partial charge in [-0.1, -0.05) is 6.42 Å². The van der Waals surface area contributed by atoms with E-state index in [-0.39, 0.29) is 17.9 Å². The number of hydrogen-bond acceptors (Lipinski definition) is 3. The van der Waals surface area contributed by atoms with E-state index in [0.717, 1.165) is 25.8 Å². The molecule has 2 amide bonds. The Morgan fingerprint density at radius 2 is 2.12 bits per heavy atom. The van der Waals surface area contributed by atoms with Gasteiger partial charge < -0.3 is 15.5 Å². The highest BCUT2D eigenvalue weighted by Gasteiger charge is 2.26. The molecular weight excluding hydrogens is 206 g/mol. The van der Waals surface area contributed by atoms with Crippen molar-refractivity contribution >= 4 is 11.8 Å². The van der Waals surface area contributed by atoms with Crippen molar-refractivity contribution in [3.8, 4) is 0 Å². The van der Waals surface area contributed by atoms with Gasteiger partial charge in [0.25, 0.3) is 0 Å². The molecule has 2 N–H and O–H groups in total. The molecule has 0 spiro atoms. The maximum Gasteiger partial charge on any atom is 0.239 e. The number of carbonyl (C=O) groups excluding carboxylic acids is 2. The van der Waals surface area contributed by atoms with Gasteiger partial charge in [-0.2, -0.15) is 0 Å². The van der Waals surface area contributed by atoms with Gasteiger partial charge in [-0.25, -0.2) is 0 Å². The molecule has 16 heavy (non-hydrogen) atoms. The second kappa shape index (κ2) is 5.30. The zero-order valence-corrected chi connectivity index (χ0v) is 9.50. The summed E-state index contributed by atoms with van der Waals surface area (Å²) in [5.41, 5.74) is 0. The standard InChI is InChI=1S/C11H19N3O2/c15-10-4-7-14(8-6-13-10)11(16)9-3-1-2-5-12-9/h9,12H,1-8H2,(H,13,15). The van der Waals surface area contributed by atoms with Crippen molar-refractivity contribution in [2.24, 2.45) is 0 Å². The van der Waals surface area contributed by atoms with Crippen molar-refractivity contribution in [3.63, 3.8) is 0 Å². The fraction of sp³-hybridized carbons (Fsp3) is 0.818. The molecule has 0 bridgehead atoms. The van der Waals surface area contributed by atoms with E-state index < -0.39 is 0 Å². The first-order valence-corrected chi connectivity index (χ1v) is 6.06. The normalized spacial score (nSPS) is 27.1. The van der Waals surface area contributed by atoms with Gasteiger partial charge in [0.15, 0.2) is 0 Å². The Labute approximate surface area is 95.6 Å². The highest BCUT2D eigenvalue weighted by atomic mass is 16.2. The Kier molecular flexibility index (Phi) is 3.77. The third-order valence-electron chi connectivity index (χ3n) is 3.23. The Morgan fingerprint density at radius 3 is 2.88 bits per heavy atom. The first-order valence-electron chi connectivity index (χ1n) is 6.06. The van der Waals surface area contributed by atoms with E-state index in [1.54, 1.807) is 4.90 Å². The Bertz CT molecular complexity index is 274. The van der Waals surface area contributed by atoms with Crippen LogP contribution in [0.15, 0.2) is 0 Å². The summed E-state index contributed by atoms with van der Waals surface area (Å²) in [6, 6.07) is -0.0260. The second-order valence-corrected chi connectivity index (χ2v) is 4.43. The summed E-state index contributed by atoms with van der Waals surface area (Å²) in [7, 11) is 0. The summed E-state index contributed by atoms with van der Waals surface area (Å²) in [4.78, 5) is 25.1. The van der Waals surface area contributed by atoms with Crippen molar-refractivity contribution in [1.82, 2.24) is 15.5 Å². The van der Waals surface area contributed by atoms with Gasteiger partial charge in [-0.3, -0.25) is 9.59 Å². The molecule has 2 heterocycles. The molecular formula is C11H19N3O2. The van der Waals surface area contributed by atoms with Crippen molar-refractivity contribution < 1.29 is 9.59 Å². The molecule has 5 heteroatoms. The van der Waals surface area contributed by atoms with E-state index in [2.05, 4.69) is 10.6 Å². The summed E-state index contributed by atoms with van der Waals surface area (Å²) in [6.45, 7) is 2.71.